The molecular weight excluding hydrogens is 458 g/mol. The van der Waals surface area contributed by atoms with Gasteiger partial charge in [0.05, 0.1) is 31.7 Å². The third-order valence-electron chi connectivity index (χ3n) is 5.40. The number of hydrogen-bond acceptors (Lipinski definition) is 8. The van der Waals surface area contributed by atoms with Crippen molar-refractivity contribution in [2.75, 3.05) is 23.8 Å². The molecule has 0 radical (unpaired) electrons. The normalized spacial score (nSPS) is 13.4. The minimum absolute atomic E-state index is 0.00350. The standard InChI is InChI=1S/C24H29N3O6S/c1-3-32-20(28)11-16-9-10-17(12-19(16)22(30)15-7-5-6-8-15)25-23(31)27-24-26-18(14-34-24)13-21(29)33-4-2/h9-10,12,14-15H,3-8,11,13H2,1-2H3,(H2,25,26,27,31). The molecule has 3 rings (SSSR count). The van der Waals surface area contributed by atoms with Crippen LogP contribution in [0.1, 0.15) is 61.1 Å². The minimum Gasteiger partial charge on any atom is -0.466 e. The molecule has 1 fully saturated rings. The average molecular weight is 488 g/mol. The van der Waals surface area contributed by atoms with Crippen LogP contribution in [0.5, 0.6) is 0 Å². The molecule has 0 saturated heterocycles. The second-order valence-electron chi connectivity index (χ2n) is 7.90. The molecule has 0 spiro atoms. The van der Waals surface area contributed by atoms with Crippen molar-refractivity contribution in [3.63, 3.8) is 0 Å². The number of nitrogens with zero attached hydrogens (tertiary/aromatic N) is 1. The van der Waals surface area contributed by atoms with E-state index in [0.29, 0.717) is 34.2 Å². The minimum atomic E-state index is -0.533. The van der Waals surface area contributed by atoms with Crippen molar-refractivity contribution in [3.05, 3.63) is 40.4 Å². The van der Waals surface area contributed by atoms with Gasteiger partial charge >= 0.3 is 18.0 Å². The van der Waals surface area contributed by atoms with E-state index < -0.39 is 12.0 Å². The maximum Gasteiger partial charge on any atom is 0.325 e. The van der Waals surface area contributed by atoms with Gasteiger partial charge in [-0.05, 0) is 44.4 Å². The highest BCUT2D eigenvalue weighted by Crippen LogP contribution is 2.30. The predicted molar refractivity (Wildman–Crippen MR) is 128 cm³/mol. The Balaban J connectivity index is 1.70. The van der Waals surface area contributed by atoms with Crippen molar-refractivity contribution in [1.29, 1.82) is 0 Å². The lowest BCUT2D eigenvalue weighted by Crippen LogP contribution is -2.21. The van der Waals surface area contributed by atoms with Crippen LogP contribution in [-0.4, -0.2) is 42.0 Å². The first-order valence-electron chi connectivity index (χ1n) is 11.4. The first kappa shape index (κ1) is 25.4. The summed E-state index contributed by atoms with van der Waals surface area (Å²) in [6, 6.07) is 4.40. The van der Waals surface area contributed by atoms with Crippen molar-refractivity contribution >= 4 is 45.9 Å². The van der Waals surface area contributed by atoms with E-state index in [1.165, 1.54) is 11.3 Å². The first-order valence-corrected chi connectivity index (χ1v) is 12.3. The van der Waals surface area contributed by atoms with Gasteiger partial charge in [-0.25, -0.2) is 9.78 Å². The van der Waals surface area contributed by atoms with Gasteiger partial charge in [0, 0.05) is 22.5 Å². The molecule has 1 aliphatic carbocycles. The Morgan fingerprint density at radius 1 is 1.00 bits per heavy atom. The fraction of sp³-hybridized carbons (Fsp3) is 0.458. The Bertz CT molecular complexity index is 1050. The predicted octanol–water partition coefficient (Wildman–Crippen LogP) is 4.37. The van der Waals surface area contributed by atoms with Crippen LogP contribution in [0.25, 0.3) is 0 Å². The number of ether oxygens (including phenoxy) is 2. The van der Waals surface area contributed by atoms with Crippen LogP contribution in [-0.2, 0) is 31.9 Å². The maximum atomic E-state index is 13.1. The largest absolute Gasteiger partial charge is 0.466 e. The molecule has 2 amide bonds. The van der Waals surface area contributed by atoms with Crippen LogP contribution in [0, 0.1) is 5.92 Å². The number of esters is 2. The molecule has 1 aromatic carbocycles. The second-order valence-corrected chi connectivity index (χ2v) is 8.76. The maximum absolute atomic E-state index is 13.1. The molecule has 10 heteroatoms. The second kappa shape index (κ2) is 12.3. The number of rotatable bonds is 10. The number of thiazole rings is 1. The fourth-order valence-electron chi connectivity index (χ4n) is 3.88. The summed E-state index contributed by atoms with van der Waals surface area (Å²) < 4.78 is 9.94. The van der Waals surface area contributed by atoms with E-state index in [9.17, 15) is 19.2 Å². The SMILES string of the molecule is CCOC(=O)Cc1csc(NC(=O)Nc2ccc(CC(=O)OCC)c(C(=O)C3CCCC3)c2)n1. The van der Waals surface area contributed by atoms with E-state index in [1.54, 1.807) is 37.4 Å². The number of benzene rings is 1. The molecule has 0 unspecified atom stereocenters. The van der Waals surface area contributed by atoms with Gasteiger partial charge in [-0.2, -0.15) is 0 Å². The third kappa shape index (κ3) is 7.11. The molecule has 0 aliphatic heterocycles. The average Bonchev–Trinajstić information content (AvgIpc) is 3.47. The highest BCUT2D eigenvalue weighted by atomic mass is 32.1. The van der Waals surface area contributed by atoms with E-state index in [0.717, 1.165) is 25.7 Å². The molecule has 2 N–H and O–H groups in total. The Morgan fingerprint density at radius 2 is 1.68 bits per heavy atom. The van der Waals surface area contributed by atoms with Gasteiger partial charge in [0.15, 0.2) is 10.9 Å². The summed E-state index contributed by atoms with van der Waals surface area (Å²) in [5.74, 6) is -0.863. The zero-order valence-electron chi connectivity index (χ0n) is 19.3. The van der Waals surface area contributed by atoms with Gasteiger partial charge in [0.2, 0.25) is 0 Å². The number of carbonyl (C=O) groups is 4. The molecule has 1 aromatic heterocycles. The molecular formula is C24H29N3O6S. The van der Waals surface area contributed by atoms with Gasteiger partial charge in [0.25, 0.3) is 0 Å². The number of Topliss-reactive ketones (excluding diaryl/α,β-unsaturated/α-hetero) is 1. The van der Waals surface area contributed by atoms with Crippen LogP contribution in [0.2, 0.25) is 0 Å². The number of nitrogens with one attached hydrogen (secondary N) is 2. The van der Waals surface area contributed by atoms with Crippen LogP contribution >= 0.6 is 11.3 Å². The van der Waals surface area contributed by atoms with Crippen LogP contribution in [0.3, 0.4) is 0 Å². The van der Waals surface area contributed by atoms with Crippen LogP contribution in [0.15, 0.2) is 23.6 Å². The van der Waals surface area contributed by atoms with Crippen LogP contribution < -0.4 is 10.6 Å². The molecule has 34 heavy (non-hydrogen) atoms. The number of hydrogen-bond donors (Lipinski definition) is 2. The molecule has 182 valence electrons. The fourth-order valence-corrected chi connectivity index (χ4v) is 4.58. The molecule has 0 bridgehead atoms. The molecule has 9 nitrogen and oxygen atoms in total. The third-order valence-corrected chi connectivity index (χ3v) is 6.21. The van der Waals surface area contributed by atoms with Crippen LogP contribution in [0.4, 0.5) is 15.6 Å². The lowest BCUT2D eigenvalue weighted by atomic mass is 9.91. The van der Waals surface area contributed by atoms with E-state index in [1.807, 2.05) is 0 Å². The summed E-state index contributed by atoms with van der Waals surface area (Å²) >= 11 is 1.19. The molecule has 1 saturated carbocycles. The van der Waals surface area contributed by atoms with Gasteiger partial charge in [-0.3, -0.25) is 19.7 Å². The number of amides is 2. The van der Waals surface area contributed by atoms with Crippen molar-refractivity contribution in [2.45, 2.75) is 52.4 Å². The summed E-state index contributed by atoms with van der Waals surface area (Å²) in [5, 5.41) is 7.35. The summed E-state index contributed by atoms with van der Waals surface area (Å²) in [4.78, 5) is 53.5. The van der Waals surface area contributed by atoms with Gasteiger partial charge in [0.1, 0.15) is 0 Å². The monoisotopic (exact) mass is 487 g/mol. The van der Waals surface area contributed by atoms with Gasteiger partial charge in [-0.15, -0.1) is 11.3 Å². The number of aromatic nitrogens is 1. The van der Waals surface area contributed by atoms with E-state index >= 15 is 0 Å². The van der Waals surface area contributed by atoms with E-state index in [-0.39, 0.29) is 37.1 Å². The Hall–Kier alpha value is -3.27. The van der Waals surface area contributed by atoms with Crippen molar-refractivity contribution in [1.82, 2.24) is 4.98 Å². The Morgan fingerprint density at radius 3 is 2.35 bits per heavy atom. The molecule has 1 aliphatic rings. The Kier molecular flexibility index (Phi) is 9.15. The number of ketones is 1. The van der Waals surface area contributed by atoms with Gasteiger partial charge in [-0.1, -0.05) is 18.9 Å². The zero-order chi connectivity index (χ0) is 24.5. The molecule has 0 atom stereocenters. The number of urea groups is 1. The summed E-state index contributed by atoms with van der Waals surface area (Å²) in [6.45, 7) is 4.02. The quantitative estimate of drug-likeness (QED) is 0.377. The lowest BCUT2D eigenvalue weighted by molar-refractivity contribution is -0.143. The molecule has 1 heterocycles. The zero-order valence-corrected chi connectivity index (χ0v) is 20.2. The number of carbonyl (C=O) groups excluding carboxylic acids is 4. The first-order chi connectivity index (χ1) is 16.4. The summed E-state index contributed by atoms with van der Waals surface area (Å²) in [6.07, 6.45) is 3.70. The molecule has 2 aromatic rings. The highest BCUT2D eigenvalue weighted by molar-refractivity contribution is 7.14. The topological polar surface area (TPSA) is 124 Å². The van der Waals surface area contributed by atoms with E-state index in [2.05, 4.69) is 15.6 Å². The lowest BCUT2D eigenvalue weighted by Gasteiger charge is -2.15. The smallest absolute Gasteiger partial charge is 0.325 e. The summed E-state index contributed by atoms with van der Waals surface area (Å²) in [5.41, 5.74) is 1.95. The highest BCUT2D eigenvalue weighted by Gasteiger charge is 2.26. The van der Waals surface area contributed by atoms with Crippen molar-refractivity contribution < 1.29 is 28.7 Å². The number of anilines is 2. The van der Waals surface area contributed by atoms with Gasteiger partial charge < -0.3 is 14.8 Å². The Labute approximate surface area is 202 Å². The summed E-state index contributed by atoms with van der Waals surface area (Å²) in [7, 11) is 0. The van der Waals surface area contributed by atoms with E-state index in [4.69, 9.17) is 9.47 Å². The van der Waals surface area contributed by atoms with Crippen molar-refractivity contribution in [2.24, 2.45) is 5.92 Å². The van der Waals surface area contributed by atoms with Crippen molar-refractivity contribution in [3.8, 4) is 0 Å².